The molecule has 2 rings (SSSR count). The molecule has 0 saturated carbocycles. The van der Waals surface area contributed by atoms with Gasteiger partial charge >= 0.3 is 6.18 Å². The zero-order valence-electron chi connectivity index (χ0n) is 12.2. The van der Waals surface area contributed by atoms with E-state index in [-0.39, 0.29) is 11.4 Å². The fourth-order valence-electron chi connectivity index (χ4n) is 1.98. The smallest absolute Gasteiger partial charge is 0.398 e. The van der Waals surface area contributed by atoms with Crippen LogP contribution < -0.4 is 10.5 Å². The first-order valence-corrected chi connectivity index (χ1v) is 8.25. The molecule has 0 aromatic heterocycles. The van der Waals surface area contributed by atoms with Gasteiger partial charge < -0.3 is 5.73 Å². The van der Waals surface area contributed by atoms with Crippen LogP contribution in [0.4, 0.5) is 24.5 Å². The zero-order chi connectivity index (χ0) is 17.3. The number of halogens is 3. The van der Waals surface area contributed by atoms with Crippen molar-refractivity contribution in [3.63, 3.8) is 0 Å². The topological polar surface area (TPSA) is 72.2 Å². The highest BCUT2D eigenvalue weighted by Gasteiger charge is 2.33. The Balaban J connectivity index is 2.22. The standard InChI is InChI=1S/C15H15F3N2O2S/c1-10-2-4-11(5-3-10)9-23(21,22)20-12-6-7-14(19)13(8-12)15(16,17)18/h2-8,20H,9,19H2,1H3. The molecule has 23 heavy (non-hydrogen) atoms. The van der Waals surface area contributed by atoms with Gasteiger partial charge in [0.1, 0.15) is 0 Å². The number of aryl methyl sites for hydroxylation is 1. The first kappa shape index (κ1) is 17.1. The largest absolute Gasteiger partial charge is 0.418 e. The fraction of sp³-hybridized carbons (Fsp3) is 0.200. The van der Waals surface area contributed by atoms with Crippen LogP contribution in [-0.4, -0.2) is 8.42 Å². The predicted octanol–water partition coefficient (Wildman–Crippen LogP) is 3.54. The molecule has 0 amide bonds. The molecule has 0 fully saturated rings. The molecule has 124 valence electrons. The summed E-state index contributed by atoms with van der Waals surface area (Å²) in [6, 6.07) is 9.72. The summed E-state index contributed by atoms with van der Waals surface area (Å²) >= 11 is 0. The molecule has 0 aliphatic rings. The lowest BCUT2D eigenvalue weighted by atomic mass is 10.1. The number of nitrogens with one attached hydrogen (secondary N) is 1. The van der Waals surface area contributed by atoms with E-state index in [0.29, 0.717) is 11.6 Å². The van der Waals surface area contributed by atoms with Gasteiger partial charge in [0.15, 0.2) is 0 Å². The van der Waals surface area contributed by atoms with Gasteiger partial charge in [0.05, 0.1) is 11.3 Å². The average Bonchev–Trinajstić information content (AvgIpc) is 2.42. The van der Waals surface area contributed by atoms with Crippen molar-refractivity contribution in [2.45, 2.75) is 18.9 Å². The second-order valence-corrected chi connectivity index (χ2v) is 6.87. The lowest BCUT2D eigenvalue weighted by Crippen LogP contribution is -2.16. The first-order valence-electron chi connectivity index (χ1n) is 6.59. The van der Waals surface area contributed by atoms with Crippen LogP contribution in [-0.2, 0) is 22.0 Å². The van der Waals surface area contributed by atoms with E-state index in [1.807, 2.05) is 6.92 Å². The Hall–Kier alpha value is -2.22. The Morgan fingerprint density at radius 2 is 1.70 bits per heavy atom. The van der Waals surface area contributed by atoms with Crippen molar-refractivity contribution in [3.8, 4) is 0 Å². The van der Waals surface area contributed by atoms with Crippen LogP contribution in [0.2, 0.25) is 0 Å². The van der Waals surface area contributed by atoms with Crippen LogP contribution in [0.25, 0.3) is 0 Å². The maximum atomic E-state index is 12.8. The maximum absolute atomic E-state index is 12.8. The monoisotopic (exact) mass is 344 g/mol. The third kappa shape index (κ3) is 4.62. The van der Waals surface area contributed by atoms with Crippen molar-refractivity contribution >= 4 is 21.4 Å². The summed E-state index contributed by atoms with van der Waals surface area (Å²) in [4.78, 5) is 0. The second-order valence-electron chi connectivity index (χ2n) is 5.15. The van der Waals surface area contributed by atoms with E-state index in [4.69, 9.17) is 5.73 Å². The number of sulfonamides is 1. The summed E-state index contributed by atoms with van der Waals surface area (Å²) in [5.41, 5.74) is 5.08. The van der Waals surface area contributed by atoms with Crippen LogP contribution in [0, 0.1) is 6.92 Å². The molecule has 4 nitrogen and oxygen atoms in total. The highest BCUT2D eigenvalue weighted by Crippen LogP contribution is 2.35. The number of hydrogen-bond acceptors (Lipinski definition) is 3. The van der Waals surface area contributed by atoms with Crippen molar-refractivity contribution in [2.24, 2.45) is 0 Å². The van der Waals surface area contributed by atoms with E-state index < -0.39 is 27.5 Å². The Morgan fingerprint density at radius 3 is 2.26 bits per heavy atom. The van der Waals surface area contributed by atoms with Crippen molar-refractivity contribution in [3.05, 3.63) is 59.2 Å². The summed E-state index contributed by atoms with van der Waals surface area (Å²) < 4.78 is 64.7. The van der Waals surface area contributed by atoms with Gasteiger partial charge in [0.25, 0.3) is 0 Å². The number of rotatable bonds is 4. The Labute approximate surface area is 132 Å². The lowest BCUT2D eigenvalue weighted by molar-refractivity contribution is -0.136. The minimum absolute atomic E-state index is 0.182. The molecule has 8 heteroatoms. The number of benzene rings is 2. The summed E-state index contributed by atoms with van der Waals surface area (Å²) in [6.07, 6.45) is -4.65. The highest BCUT2D eigenvalue weighted by atomic mass is 32.2. The molecule has 0 radical (unpaired) electrons. The summed E-state index contributed by atoms with van der Waals surface area (Å²) in [6.45, 7) is 1.86. The quantitative estimate of drug-likeness (QED) is 0.834. The molecule has 0 bridgehead atoms. The Bertz CT molecular complexity index is 800. The van der Waals surface area contributed by atoms with Crippen molar-refractivity contribution < 1.29 is 21.6 Å². The molecule has 3 N–H and O–H groups in total. The normalized spacial score (nSPS) is 12.2. The van der Waals surface area contributed by atoms with E-state index in [1.54, 1.807) is 24.3 Å². The molecular weight excluding hydrogens is 329 g/mol. The molecule has 2 aromatic rings. The van der Waals surface area contributed by atoms with Crippen molar-refractivity contribution in [1.82, 2.24) is 0 Å². The molecule has 0 spiro atoms. The zero-order valence-corrected chi connectivity index (χ0v) is 13.0. The maximum Gasteiger partial charge on any atom is 0.418 e. The van der Waals surface area contributed by atoms with Gasteiger partial charge in [-0.3, -0.25) is 4.72 Å². The van der Waals surface area contributed by atoms with Gasteiger partial charge in [-0.1, -0.05) is 29.8 Å². The van der Waals surface area contributed by atoms with E-state index in [0.717, 1.165) is 11.6 Å². The van der Waals surface area contributed by atoms with Crippen LogP contribution in [0.3, 0.4) is 0 Å². The number of nitrogen functional groups attached to an aromatic ring is 1. The summed E-state index contributed by atoms with van der Waals surface area (Å²) in [7, 11) is -3.83. The highest BCUT2D eigenvalue weighted by molar-refractivity contribution is 7.91. The van der Waals surface area contributed by atoms with E-state index >= 15 is 0 Å². The number of anilines is 2. The Kier molecular flexibility index (Phi) is 4.56. The summed E-state index contributed by atoms with van der Waals surface area (Å²) in [5, 5.41) is 0. The SMILES string of the molecule is Cc1ccc(CS(=O)(=O)Nc2ccc(N)c(C(F)(F)F)c2)cc1. The molecule has 0 unspecified atom stereocenters. The molecule has 0 aliphatic heterocycles. The van der Waals surface area contributed by atoms with Crippen molar-refractivity contribution in [1.29, 1.82) is 0 Å². The number of nitrogens with two attached hydrogens (primary N) is 1. The van der Waals surface area contributed by atoms with Gasteiger partial charge in [-0.15, -0.1) is 0 Å². The van der Waals surface area contributed by atoms with Gasteiger partial charge in [-0.05, 0) is 30.7 Å². The molecule has 0 saturated heterocycles. The van der Waals surface area contributed by atoms with Crippen LogP contribution in [0.5, 0.6) is 0 Å². The van der Waals surface area contributed by atoms with Gasteiger partial charge in [-0.2, -0.15) is 13.2 Å². The minimum Gasteiger partial charge on any atom is -0.398 e. The Morgan fingerprint density at radius 1 is 1.09 bits per heavy atom. The fourth-order valence-corrected chi connectivity index (χ4v) is 3.17. The predicted molar refractivity (Wildman–Crippen MR) is 83.3 cm³/mol. The van der Waals surface area contributed by atoms with E-state index in [9.17, 15) is 21.6 Å². The molecular formula is C15H15F3N2O2S. The number of alkyl halides is 3. The molecule has 2 aromatic carbocycles. The van der Waals surface area contributed by atoms with Gasteiger partial charge in [0.2, 0.25) is 10.0 Å². The van der Waals surface area contributed by atoms with Crippen LogP contribution in [0.1, 0.15) is 16.7 Å². The van der Waals surface area contributed by atoms with Crippen molar-refractivity contribution in [2.75, 3.05) is 10.5 Å². The minimum atomic E-state index is -4.65. The molecule has 0 heterocycles. The van der Waals surface area contributed by atoms with E-state index in [2.05, 4.69) is 4.72 Å². The third-order valence-electron chi connectivity index (χ3n) is 3.11. The summed E-state index contributed by atoms with van der Waals surface area (Å²) in [5.74, 6) is -0.334. The molecule has 0 atom stereocenters. The van der Waals surface area contributed by atoms with E-state index in [1.165, 1.54) is 6.07 Å². The molecule has 0 aliphatic carbocycles. The third-order valence-corrected chi connectivity index (χ3v) is 4.37. The lowest BCUT2D eigenvalue weighted by Gasteiger charge is -2.13. The second kappa shape index (κ2) is 6.11. The van der Waals surface area contributed by atoms with Crippen LogP contribution in [0.15, 0.2) is 42.5 Å². The number of hydrogen-bond donors (Lipinski definition) is 2. The van der Waals surface area contributed by atoms with Gasteiger partial charge in [0, 0.05) is 11.4 Å². The van der Waals surface area contributed by atoms with Crippen LogP contribution >= 0.6 is 0 Å². The average molecular weight is 344 g/mol. The first-order chi connectivity index (χ1) is 10.6. The van der Waals surface area contributed by atoms with Gasteiger partial charge in [-0.25, -0.2) is 8.42 Å².